The second-order valence-corrected chi connectivity index (χ2v) is 6.22. The zero-order valence-electron chi connectivity index (χ0n) is 11.9. The fourth-order valence-electron chi connectivity index (χ4n) is 3.32. The van der Waals surface area contributed by atoms with E-state index in [0.29, 0.717) is 5.41 Å². The van der Waals surface area contributed by atoms with Crippen molar-refractivity contribution in [3.05, 3.63) is 0 Å². The molecular weight excluding hydrogens is 194 g/mol. The lowest BCUT2D eigenvalue weighted by molar-refractivity contribution is 0.0955. The van der Waals surface area contributed by atoms with E-state index in [1.807, 2.05) is 0 Å². The average Bonchev–Trinajstić information content (AvgIpc) is 2.26. The number of likely N-dealkylation sites (tertiary alicyclic amines) is 1. The molecule has 0 radical (unpaired) electrons. The molecule has 1 aliphatic rings. The lowest BCUT2D eigenvalue weighted by Gasteiger charge is -2.40. The van der Waals surface area contributed by atoms with Crippen LogP contribution in [0, 0.1) is 11.3 Å². The standard InChI is InChI=1S/C15H31N/c1-5-10-14(6-2)15(3,4)13-16-11-8-7-9-12-16/h14H,5-13H2,1-4H3. The molecule has 1 nitrogen and oxygen atoms in total. The minimum Gasteiger partial charge on any atom is -0.303 e. The molecule has 0 amide bonds. The first-order chi connectivity index (χ1) is 7.60. The minimum atomic E-state index is 0.502. The summed E-state index contributed by atoms with van der Waals surface area (Å²) in [5.41, 5.74) is 0.502. The SMILES string of the molecule is CCCC(CC)C(C)(C)CN1CCCCC1. The van der Waals surface area contributed by atoms with Gasteiger partial charge in [-0.15, -0.1) is 0 Å². The van der Waals surface area contributed by atoms with Crippen molar-refractivity contribution in [1.29, 1.82) is 0 Å². The second kappa shape index (κ2) is 6.64. The van der Waals surface area contributed by atoms with Crippen LogP contribution < -0.4 is 0 Å². The molecule has 1 aliphatic heterocycles. The molecule has 1 heterocycles. The Morgan fingerprint density at radius 2 is 1.69 bits per heavy atom. The largest absolute Gasteiger partial charge is 0.303 e. The first kappa shape index (κ1) is 14.0. The predicted octanol–water partition coefficient (Wildman–Crippen LogP) is 4.32. The van der Waals surface area contributed by atoms with Crippen molar-refractivity contribution in [2.24, 2.45) is 11.3 Å². The van der Waals surface area contributed by atoms with Crippen molar-refractivity contribution in [3.63, 3.8) is 0 Å². The highest BCUT2D eigenvalue weighted by atomic mass is 15.1. The Morgan fingerprint density at radius 3 is 2.19 bits per heavy atom. The molecule has 0 spiro atoms. The summed E-state index contributed by atoms with van der Waals surface area (Å²) in [6.45, 7) is 13.6. The summed E-state index contributed by atoms with van der Waals surface area (Å²) < 4.78 is 0. The molecule has 0 bridgehead atoms. The Balaban J connectivity index is 2.46. The third-order valence-corrected chi connectivity index (χ3v) is 4.31. The summed E-state index contributed by atoms with van der Waals surface area (Å²) in [7, 11) is 0. The molecule has 96 valence electrons. The van der Waals surface area contributed by atoms with E-state index in [9.17, 15) is 0 Å². The monoisotopic (exact) mass is 225 g/mol. The molecule has 1 unspecified atom stereocenters. The molecule has 0 N–H and O–H groups in total. The first-order valence-corrected chi connectivity index (χ1v) is 7.32. The molecule has 1 atom stereocenters. The second-order valence-electron chi connectivity index (χ2n) is 6.22. The van der Waals surface area contributed by atoms with Gasteiger partial charge < -0.3 is 4.90 Å². The Labute approximate surface area is 103 Å². The summed E-state index contributed by atoms with van der Waals surface area (Å²) in [4.78, 5) is 2.70. The van der Waals surface area contributed by atoms with Crippen LogP contribution in [0.5, 0.6) is 0 Å². The average molecular weight is 225 g/mol. The van der Waals surface area contributed by atoms with E-state index < -0.39 is 0 Å². The van der Waals surface area contributed by atoms with Crippen LogP contribution in [0.25, 0.3) is 0 Å². The van der Waals surface area contributed by atoms with E-state index in [4.69, 9.17) is 0 Å². The lowest BCUT2D eigenvalue weighted by atomic mass is 9.74. The van der Waals surface area contributed by atoms with E-state index in [-0.39, 0.29) is 0 Å². The maximum atomic E-state index is 2.70. The fourth-order valence-corrected chi connectivity index (χ4v) is 3.32. The van der Waals surface area contributed by atoms with Crippen molar-refractivity contribution >= 4 is 0 Å². The molecule has 1 fully saturated rings. The molecule has 1 saturated heterocycles. The van der Waals surface area contributed by atoms with Gasteiger partial charge in [-0.2, -0.15) is 0 Å². The Morgan fingerprint density at radius 1 is 1.06 bits per heavy atom. The van der Waals surface area contributed by atoms with Gasteiger partial charge in [-0.25, -0.2) is 0 Å². The van der Waals surface area contributed by atoms with Crippen LogP contribution in [0.4, 0.5) is 0 Å². The molecular formula is C15H31N. The smallest absolute Gasteiger partial charge is 0.00353 e. The van der Waals surface area contributed by atoms with Crippen LogP contribution in [0.3, 0.4) is 0 Å². The van der Waals surface area contributed by atoms with Gasteiger partial charge in [-0.1, -0.05) is 53.4 Å². The molecule has 0 saturated carbocycles. The third kappa shape index (κ3) is 4.08. The molecule has 16 heavy (non-hydrogen) atoms. The van der Waals surface area contributed by atoms with Crippen LogP contribution in [-0.4, -0.2) is 24.5 Å². The van der Waals surface area contributed by atoms with Gasteiger partial charge in [-0.05, 0) is 37.3 Å². The summed E-state index contributed by atoms with van der Waals surface area (Å²) in [6.07, 6.45) is 8.36. The zero-order chi connectivity index (χ0) is 12.0. The van der Waals surface area contributed by atoms with Gasteiger partial charge in [0, 0.05) is 6.54 Å². The summed E-state index contributed by atoms with van der Waals surface area (Å²) in [6, 6.07) is 0. The normalized spacial score (nSPS) is 21.0. The number of piperidine rings is 1. The summed E-state index contributed by atoms with van der Waals surface area (Å²) >= 11 is 0. The van der Waals surface area contributed by atoms with Crippen molar-refractivity contribution < 1.29 is 0 Å². The molecule has 1 heteroatoms. The number of hydrogen-bond acceptors (Lipinski definition) is 1. The fraction of sp³-hybridized carbons (Fsp3) is 1.00. The van der Waals surface area contributed by atoms with Crippen molar-refractivity contribution in [1.82, 2.24) is 4.90 Å². The molecule has 0 aromatic carbocycles. The number of nitrogens with zero attached hydrogens (tertiary/aromatic N) is 1. The van der Waals surface area contributed by atoms with Crippen LogP contribution in [0.1, 0.15) is 66.2 Å². The summed E-state index contributed by atoms with van der Waals surface area (Å²) in [5, 5.41) is 0. The predicted molar refractivity (Wildman–Crippen MR) is 72.8 cm³/mol. The van der Waals surface area contributed by atoms with Gasteiger partial charge >= 0.3 is 0 Å². The Hall–Kier alpha value is -0.0400. The molecule has 0 aliphatic carbocycles. The van der Waals surface area contributed by atoms with Crippen LogP contribution in [-0.2, 0) is 0 Å². The highest BCUT2D eigenvalue weighted by Crippen LogP contribution is 2.34. The van der Waals surface area contributed by atoms with E-state index in [1.165, 1.54) is 58.2 Å². The maximum absolute atomic E-state index is 2.70. The van der Waals surface area contributed by atoms with Crippen molar-refractivity contribution in [2.75, 3.05) is 19.6 Å². The topological polar surface area (TPSA) is 3.24 Å². The molecule has 0 aromatic rings. The zero-order valence-corrected chi connectivity index (χ0v) is 11.9. The van der Waals surface area contributed by atoms with Gasteiger partial charge in [-0.3, -0.25) is 0 Å². The first-order valence-electron chi connectivity index (χ1n) is 7.32. The van der Waals surface area contributed by atoms with Crippen LogP contribution in [0.2, 0.25) is 0 Å². The van der Waals surface area contributed by atoms with E-state index in [2.05, 4.69) is 32.6 Å². The quantitative estimate of drug-likeness (QED) is 0.650. The van der Waals surface area contributed by atoms with Gasteiger partial charge in [0.1, 0.15) is 0 Å². The molecule has 1 rings (SSSR count). The lowest BCUT2D eigenvalue weighted by Crippen LogP contribution is -2.41. The van der Waals surface area contributed by atoms with E-state index >= 15 is 0 Å². The number of hydrogen-bond donors (Lipinski definition) is 0. The van der Waals surface area contributed by atoms with Gasteiger partial charge in [0.15, 0.2) is 0 Å². The van der Waals surface area contributed by atoms with E-state index in [0.717, 1.165) is 5.92 Å². The van der Waals surface area contributed by atoms with Crippen LogP contribution in [0.15, 0.2) is 0 Å². The molecule has 0 aromatic heterocycles. The maximum Gasteiger partial charge on any atom is 0.00353 e. The third-order valence-electron chi connectivity index (χ3n) is 4.31. The summed E-state index contributed by atoms with van der Waals surface area (Å²) in [5.74, 6) is 0.902. The van der Waals surface area contributed by atoms with E-state index in [1.54, 1.807) is 0 Å². The van der Waals surface area contributed by atoms with Gasteiger partial charge in [0.25, 0.3) is 0 Å². The Bertz CT molecular complexity index is 180. The van der Waals surface area contributed by atoms with Crippen molar-refractivity contribution in [2.45, 2.75) is 66.2 Å². The Kier molecular flexibility index (Phi) is 5.82. The van der Waals surface area contributed by atoms with Gasteiger partial charge in [0.05, 0.1) is 0 Å². The highest BCUT2D eigenvalue weighted by molar-refractivity contribution is 4.82. The van der Waals surface area contributed by atoms with Gasteiger partial charge in [0.2, 0.25) is 0 Å². The van der Waals surface area contributed by atoms with Crippen LogP contribution >= 0.6 is 0 Å². The highest BCUT2D eigenvalue weighted by Gasteiger charge is 2.29. The van der Waals surface area contributed by atoms with Crippen molar-refractivity contribution in [3.8, 4) is 0 Å². The number of rotatable bonds is 6. The minimum absolute atomic E-state index is 0.502.